The van der Waals surface area contributed by atoms with Gasteiger partial charge in [-0.05, 0) is 61.4 Å². The smallest absolute Gasteiger partial charge is 0.261 e. The molecule has 0 saturated carbocycles. The zero-order valence-corrected chi connectivity index (χ0v) is 17.6. The van der Waals surface area contributed by atoms with Crippen LogP contribution in [0.4, 0.5) is 5.69 Å². The Morgan fingerprint density at radius 2 is 1.55 bits per heavy atom. The Balaban J connectivity index is 1.73. The molecule has 0 aliphatic rings. The van der Waals surface area contributed by atoms with Gasteiger partial charge in [-0.15, -0.1) is 0 Å². The average Bonchev–Trinajstić information content (AvgIpc) is 2.70. The average molecular weight is 429 g/mol. The molecule has 3 rings (SSSR count). The SMILES string of the molecule is Cc1ccccc1C(C)NC(=O)c1ccc(S(=O)(=O)Nc2ccccc2Cl)cc1. The quantitative estimate of drug-likeness (QED) is 0.583. The lowest BCUT2D eigenvalue weighted by Crippen LogP contribution is -2.27. The zero-order valence-electron chi connectivity index (χ0n) is 16.0. The van der Waals surface area contributed by atoms with E-state index in [1.165, 1.54) is 24.3 Å². The first kappa shape index (κ1) is 20.9. The highest BCUT2D eigenvalue weighted by molar-refractivity contribution is 7.92. The Morgan fingerprint density at radius 3 is 2.21 bits per heavy atom. The van der Waals surface area contributed by atoms with Crippen molar-refractivity contribution >= 4 is 33.2 Å². The van der Waals surface area contributed by atoms with Crippen molar-refractivity contribution in [3.05, 3.63) is 94.5 Å². The van der Waals surface area contributed by atoms with Crippen LogP contribution in [0.25, 0.3) is 0 Å². The second-order valence-corrected chi connectivity index (χ2v) is 8.75. The molecule has 0 heterocycles. The Bertz CT molecular complexity index is 1130. The van der Waals surface area contributed by atoms with E-state index in [1.54, 1.807) is 24.3 Å². The number of sulfonamides is 1. The maximum atomic E-state index is 12.6. The largest absolute Gasteiger partial charge is 0.346 e. The summed E-state index contributed by atoms with van der Waals surface area (Å²) in [6, 6.07) is 20.0. The van der Waals surface area contributed by atoms with E-state index in [1.807, 2.05) is 38.1 Å². The number of halogens is 1. The van der Waals surface area contributed by atoms with Crippen molar-refractivity contribution in [1.82, 2.24) is 5.32 Å². The number of amides is 1. The van der Waals surface area contributed by atoms with Crippen LogP contribution < -0.4 is 10.0 Å². The molecule has 1 amide bonds. The van der Waals surface area contributed by atoms with Crippen LogP contribution in [0, 0.1) is 6.92 Å². The van der Waals surface area contributed by atoms with Gasteiger partial charge in [0.2, 0.25) is 0 Å². The highest BCUT2D eigenvalue weighted by Crippen LogP contribution is 2.24. The van der Waals surface area contributed by atoms with Crippen molar-refractivity contribution < 1.29 is 13.2 Å². The van der Waals surface area contributed by atoms with Crippen LogP contribution in [0.1, 0.15) is 34.5 Å². The Labute approximate surface area is 175 Å². The summed E-state index contributed by atoms with van der Waals surface area (Å²) in [5.74, 6) is -0.274. The Morgan fingerprint density at radius 1 is 0.931 bits per heavy atom. The van der Waals surface area contributed by atoms with Gasteiger partial charge in [0.25, 0.3) is 15.9 Å². The first-order valence-electron chi connectivity index (χ1n) is 9.02. The number of aryl methyl sites for hydroxylation is 1. The van der Waals surface area contributed by atoms with E-state index in [0.29, 0.717) is 16.3 Å². The molecule has 0 aliphatic heterocycles. The van der Waals surface area contributed by atoms with Gasteiger partial charge in [-0.1, -0.05) is 48.0 Å². The molecular weight excluding hydrogens is 408 g/mol. The molecule has 29 heavy (non-hydrogen) atoms. The summed E-state index contributed by atoms with van der Waals surface area (Å²) in [7, 11) is -3.82. The lowest BCUT2D eigenvalue weighted by molar-refractivity contribution is 0.0939. The molecule has 0 aromatic heterocycles. The highest BCUT2D eigenvalue weighted by Gasteiger charge is 2.17. The van der Waals surface area contributed by atoms with E-state index in [4.69, 9.17) is 11.6 Å². The van der Waals surface area contributed by atoms with Crippen molar-refractivity contribution in [3.8, 4) is 0 Å². The molecule has 0 radical (unpaired) electrons. The first-order chi connectivity index (χ1) is 13.8. The molecule has 0 fully saturated rings. The maximum Gasteiger partial charge on any atom is 0.261 e. The third-order valence-electron chi connectivity index (χ3n) is 4.55. The number of carbonyl (C=O) groups is 1. The number of benzene rings is 3. The van der Waals surface area contributed by atoms with Gasteiger partial charge in [-0.25, -0.2) is 8.42 Å². The fourth-order valence-electron chi connectivity index (χ4n) is 2.96. The van der Waals surface area contributed by atoms with Crippen LogP contribution in [-0.4, -0.2) is 14.3 Å². The van der Waals surface area contributed by atoms with Crippen LogP contribution in [0.15, 0.2) is 77.7 Å². The summed E-state index contributed by atoms with van der Waals surface area (Å²) in [6.45, 7) is 3.90. The summed E-state index contributed by atoms with van der Waals surface area (Å²) in [5.41, 5.74) is 2.79. The molecule has 0 saturated heterocycles. The lowest BCUT2D eigenvalue weighted by atomic mass is 10.0. The predicted molar refractivity (Wildman–Crippen MR) is 116 cm³/mol. The van der Waals surface area contributed by atoms with Gasteiger partial charge in [0, 0.05) is 5.56 Å². The molecule has 5 nitrogen and oxygen atoms in total. The van der Waals surface area contributed by atoms with Crippen LogP contribution in [-0.2, 0) is 10.0 Å². The Hall–Kier alpha value is -2.83. The van der Waals surface area contributed by atoms with E-state index in [-0.39, 0.29) is 16.8 Å². The second kappa shape index (κ2) is 8.68. The highest BCUT2D eigenvalue weighted by atomic mass is 35.5. The fourth-order valence-corrected chi connectivity index (χ4v) is 4.28. The summed E-state index contributed by atoms with van der Waals surface area (Å²) in [5, 5.41) is 3.24. The van der Waals surface area contributed by atoms with Crippen molar-refractivity contribution in [3.63, 3.8) is 0 Å². The molecular formula is C22H21ClN2O3S. The number of carbonyl (C=O) groups excluding carboxylic acids is 1. The van der Waals surface area contributed by atoms with Crippen LogP contribution >= 0.6 is 11.6 Å². The van der Waals surface area contributed by atoms with Crippen LogP contribution in [0.3, 0.4) is 0 Å². The standard InChI is InChI=1S/C22H21ClN2O3S/c1-15-7-3-4-8-19(15)16(2)24-22(26)17-11-13-18(14-12-17)29(27,28)25-21-10-6-5-9-20(21)23/h3-14,16,25H,1-2H3,(H,24,26). The van der Waals surface area contributed by atoms with Gasteiger partial charge in [-0.2, -0.15) is 0 Å². The topological polar surface area (TPSA) is 75.3 Å². The first-order valence-corrected chi connectivity index (χ1v) is 10.9. The van der Waals surface area contributed by atoms with Gasteiger partial charge in [0.1, 0.15) is 0 Å². The third-order valence-corrected chi connectivity index (χ3v) is 6.26. The number of hydrogen-bond donors (Lipinski definition) is 2. The molecule has 1 unspecified atom stereocenters. The van der Waals surface area contributed by atoms with Crippen molar-refractivity contribution in [2.75, 3.05) is 4.72 Å². The molecule has 0 bridgehead atoms. The second-order valence-electron chi connectivity index (χ2n) is 6.66. The molecule has 3 aromatic rings. The monoisotopic (exact) mass is 428 g/mol. The molecule has 0 spiro atoms. The van der Waals surface area contributed by atoms with Crippen molar-refractivity contribution in [2.45, 2.75) is 24.8 Å². The number of para-hydroxylation sites is 1. The molecule has 2 N–H and O–H groups in total. The number of anilines is 1. The number of hydrogen-bond acceptors (Lipinski definition) is 3. The third kappa shape index (κ3) is 4.96. The minimum Gasteiger partial charge on any atom is -0.346 e. The minimum absolute atomic E-state index is 0.0425. The van der Waals surface area contributed by atoms with Crippen molar-refractivity contribution in [2.24, 2.45) is 0 Å². The normalized spacial score (nSPS) is 12.2. The van der Waals surface area contributed by atoms with Gasteiger partial charge in [0.15, 0.2) is 0 Å². The summed E-state index contributed by atoms with van der Waals surface area (Å²) in [4.78, 5) is 12.6. The zero-order chi connectivity index (χ0) is 21.0. The van der Waals surface area contributed by atoms with E-state index < -0.39 is 10.0 Å². The van der Waals surface area contributed by atoms with Crippen LogP contribution in [0.5, 0.6) is 0 Å². The van der Waals surface area contributed by atoms with Gasteiger partial charge in [0.05, 0.1) is 21.6 Å². The fraction of sp³-hybridized carbons (Fsp3) is 0.136. The minimum atomic E-state index is -3.82. The lowest BCUT2D eigenvalue weighted by Gasteiger charge is -2.16. The van der Waals surface area contributed by atoms with Gasteiger partial charge < -0.3 is 5.32 Å². The molecule has 3 aromatic carbocycles. The summed E-state index contributed by atoms with van der Waals surface area (Å²) < 4.78 is 27.6. The maximum absolute atomic E-state index is 12.6. The summed E-state index contributed by atoms with van der Waals surface area (Å²) in [6.07, 6.45) is 0. The van der Waals surface area contributed by atoms with E-state index in [2.05, 4.69) is 10.0 Å². The van der Waals surface area contributed by atoms with Crippen molar-refractivity contribution in [1.29, 1.82) is 0 Å². The van der Waals surface area contributed by atoms with Crippen LogP contribution in [0.2, 0.25) is 5.02 Å². The molecule has 0 aliphatic carbocycles. The molecule has 7 heteroatoms. The van der Waals surface area contributed by atoms with Gasteiger partial charge in [-0.3, -0.25) is 9.52 Å². The van der Waals surface area contributed by atoms with E-state index in [0.717, 1.165) is 11.1 Å². The molecule has 150 valence electrons. The van der Waals surface area contributed by atoms with Gasteiger partial charge >= 0.3 is 0 Å². The van der Waals surface area contributed by atoms with E-state index in [9.17, 15) is 13.2 Å². The molecule has 1 atom stereocenters. The number of nitrogens with one attached hydrogen (secondary N) is 2. The summed E-state index contributed by atoms with van der Waals surface area (Å²) >= 11 is 6.01. The Kier molecular flexibility index (Phi) is 6.25. The predicted octanol–water partition coefficient (Wildman–Crippen LogP) is 4.94. The number of rotatable bonds is 6. The van der Waals surface area contributed by atoms with E-state index >= 15 is 0 Å².